The lowest BCUT2D eigenvalue weighted by molar-refractivity contribution is -0.137. The number of benzene rings is 1. The highest BCUT2D eigenvalue weighted by atomic mass is 16.5. The number of carbonyl (C=O) groups is 2. The van der Waals surface area contributed by atoms with Crippen molar-refractivity contribution in [2.45, 2.75) is 57.9 Å². The number of carbonyl (C=O) groups excluding carboxylic acids is 2. The van der Waals surface area contributed by atoms with Crippen LogP contribution in [-0.4, -0.2) is 34.5 Å². The van der Waals surface area contributed by atoms with Crippen molar-refractivity contribution < 1.29 is 14.1 Å². The van der Waals surface area contributed by atoms with Gasteiger partial charge in [-0.3, -0.25) is 9.59 Å². The molecule has 2 fully saturated rings. The van der Waals surface area contributed by atoms with Crippen LogP contribution in [0.1, 0.15) is 54.9 Å². The van der Waals surface area contributed by atoms with E-state index in [0.29, 0.717) is 36.9 Å². The van der Waals surface area contributed by atoms with Gasteiger partial charge in [-0.15, -0.1) is 0 Å². The Morgan fingerprint density at radius 1 is 1.21 bits per heavy atom. The first-order chi connectivity index (χ1) is 13.5. The van der Waals surface area contributed by atoms with E-state index in [4.69, 9.17) is 4.52 Å². The molecule has 6 heteroatoms. The number of amides is 2. The van der Waals surface area contributed by atoms with Gasteiger partial charge in [0.1, 0.15) is 11.8 Å². The van der Waals surface area contributed by atoms with Crippen LogP contribution in [0.15, 0.2) is 34.9 Å². The van der Waals surface area contributed by atoms with Crippen molar-refractivity contribution in [2.24, 2.45) is 5.92 Å². The molecule has 1 saturated carbocycles. The van der Waals surface area contributed by atoms with Gasteiger partial charge in [-0.05, 0) is 56.9 Å². The maximum Gasteiger partial charge on any atom is 0.248 e. The minimum Gasteiger partial charge on any atom is -0.360 e. The summed E-state index contributed by atoms with van der Waals surface area (Å²) in [7, 11) is 0. The van der Waals surface area contributed by atoms with Crippen LogP contribution in [0.25, 0.3) is 0 Å². The fourth-order valence-electron chi connectivity index (χ4n) is 4.15. The normalized spacial score (nSPS) is 20.2. The van der Waals surface area contributed by atoms with Gasteiger partial charge in [0.2, 0.25) is 11.8 Å². The van der Waals surface area contributed by atoms with E-state index >= 15 is 0 Å². The Morgan fingerprint density at radius 2 is 1.96 bits per heavy atom. The SMILES string of the molecule is Cc1ccc(C(CC(=O)N2CCC[C@H]2C(=O)Nc2cc(C)on2)C2CC2)cc1. The summed E-state index contributed by atoms with van der Waals surface area (Å²) in [6.07, 6.45) is 4.37. The molecule has 148 valence electrons. The third-order valence-corrected chi connectivity index (χ3v) is 5.85. The zero-order valence-electron chi connectivity index (χ0n) is 16.5. The molecule has 0 spiro atoms. The molecule has 1 aliphatic heterocycles. The van der Waals surface area contributed by atoms with E-state index < -0.39 is 6.04 Å². The van der Waals surface area contributed by atoms with Crippen LogP contribution in [0.5, 0.6) is 0 Å². The molecule has 28 heavy (non-hydrogen) atoms. The molecule has 1 saturated heterocycles. The fraction of sp³-hybridized carbons (Fsp3) is 0.500. The van der Waals surface area contributed by atoms with E-state index in [1.54, 1.807) is 17.9 Å². The Morgan fingerprint density at radius 3 is 2.61 bits per heavy atom. The predicted molar refractivity (Wildman–Crippen MR) is 106 cm³/mol. The molecule has 1 aliphatic carbocycles. The zero-order chi connectivity index (χ0) is 19.7. The zero-order valence-corrected chi connectivity index (χ0v) is 16.5. The number of likely N-dealkylation sites (tertiary alicyclic amines) is 1. The van der Waals surface area contributed by atoms with E-state index in [0.717, 1.165) is 6.42 Å². The van der Waals surface area contributed by atoms with Gasteiger partial charge in [0.15, 0.2) is 5.82 Å². The summed E-state index contributed by atoms with van der Waals surface area (Å²) < 4.78 is 5.00. The maximum absolute atomic E-state index is 13.1. The summed E-state index contributed by atoms with van der Waals surface area (Å²) in [5.41, 5.74) is 2.46. The highest BCUT2D eigenvalue weighted by Crippen LogP contribution is 2.45. The van der Waals surface area contributed by atoms with Crippen molar-refractivity contribution in [1.29, 1.82) is 0 Å². The van der Waals surface area contributed by atoms with Crippen molar-refractivity contribution in [3.8, 4) is 0 Å². The molecule has 1 unspecified atom stereocenters. The van der Waals surface area contributed by atoms with Crippen LogP contribution in [0.2, 0.25) is 0 Å². The molecule has 2 aromatic rings. The van der Waals surface area contributed by atoms with Crippen molar-refractivity contribution in [3.63, 3.8) is 0 Å². The van der Waals surface area contributed by atoms with Crippen LogP contribution in [-0.2, 0) is 9.59 Å². The summed E-state index contributed by atoms with van der Waals surface area (Å²) in [5.74, 6) is 1.76. The predicted octanol–water partition coefficient (Wildman–Crippen LogP) is 3.80. The van der Waals surface area contributed by atoms with Gasteiger partial charge in [-0.25, -0.2) is 0 Å². The molecule has 1 aromatic heterocycles. The second-order valence-electron chi connectivity index (χ2n) is 8.12. The Balaban J connectivity index is 1.43. The van der Waals surface area contributed by atoms with Crippen molar-refractivity contribution in [3.05, 3.63) is 47.2 Å². The molecule has 6 nitrogen and oxygen atoms in total. The molecule has 0 bridgehead atoms. The van der Waals surface area contributed by atoms with Crippen LogP contribution >= 0.6 is 0 Å². The quantitative estimate of drug-likeness (QED) is 0.826. The van der Waals surface area contributed by atoms with Gasteiger partial charge in [0, 0.05) is 19.0 Å². The van der Waals surface area contributed by atoms with E-state index in [-0.39, 0.29) is 17.7 Å². The Labute approximate surface area is 165 Å². The average molecular weight is 381 g/mol. The number of nitrogens with one attached hydrogen (secondary N) is 1. The number of rotatable bonds is 6. The highest BCUT2D eigenvalue weighted by molar-refractivity contribution is 5.97. The van der Waals surface area contributed by atoms with Gasteiger partial charge < -0.3 is 14.7 Å². The summed E-state index contributed by atoms with van der Waals surface area (Å²) in [4.78, 5) is 27.6. The number of hydrogen-bond donors (Lipinski definition) is 1. The third-order valence-electron chi connectivity index (χ3n) is 5.85. The lowest BCUT2D eigenvalue weighted by atomic mass is 9.90. The van der Waals surface area contributed by atoms with Gasteiger partial charge in [0.05, 0.1) is 0 Å². The number of anilines is 1. The summed E-state index contributed by atoms with van der Waals surface area (Å²) >= 11 is 0. The molecule has 0 radical (unpaired) electrons. The van der Waals surface area contributed by atoms with Gasteiger partial charge >= 0.3 is 0 Å². The van der Waals surface area contributed by atoms with Gasteiger partial charge in [0.25, 0.3) is 0 Å². The first-order valence-electron chi connectivity index (χ1n) is 10.1. The van der Waals surface area contributed by atoms with Crippen LogP contribution in [0, 0.1) is 19.8 Å². The second kappa shape index (κ2) is 7.78. The number of aryl methyl sites for hydroxylation is 2. The lowest BCUT2D eigenvalue weighted by Gasteiger charge is -2.26. The smallest absolute Gasteiger partial charge is 0.248 e. The first kappa shape index (κ1) is 18.7. The molecule has 2 heterocycles. The maximum atomic E-state index is 13.1. The fourth-order valence-corrected chi connectivity index (χ4v) is 4.15. The standard InChI is InChI=1S/C22H27N3O3/c1-14-5-7-16(8-6-14)18(17-9-10-17)13-21(26)25-11-3-4-19(25)22(27)23-20-12-15(2)28-24-20/h5-8,12,17-19H,3-4,9-11,13H2,1-2H3,(H,23,24,27)/t18?,19-/m0/s1. The van der Waals surface area contributed by atoms with Crippen molar-refractivity contribution in [2.75, 3.05) is 11.9 Å². The average Bonchev–Trinajstić information content (AvgIpc) is 3.24. The highest BCUT2D eigenvalue weighted by Gasteiger charge is 2.38. The Hall–Kier alpha value is -2.63. The Kier molecular flexibility index (Phi) is 5.20. The molecule has 1 aromatic carbocycles. The molecule has 4 rings (SSSR count). The number of aromatic nitrogens is 1. The molecule has 2 aliphatic rings. The van der Waals surface area contributed by atoms with Crippen LogP contribution in [0.4, 0.5) is 5.82 Å². The first-order valence-corrected chi connectivity index (χ1v) is 10.1. The minimum absolute atomic E-state index is 0.0754. The minimum atomic E-state index is -0.428. The van der Waals surface area contributed by atoms with Gasteiger partial charge in [-0.2, -0.15) is 0 Å². The van der Waals surface area contributed by atoms with Crippen molar-refractivity contribution in [1.82, 2.24) is 10.1 Å². The molecule has 2 atom stereocenters. The number of nitrogens with zero attached hydrogens (tertiary/aromatic N) is 2. The van der Waals surface area contributed by atoms with E-state index in [9.17, 15) is 9.59 Å². The molecular formula is C22H27N3O3. The van der Waals surface area contributed by atoms with E-state index in [1.807, 2.05) is 0 Å². The van der Waals surface area contributed by atoms with Crippen LogP contribution in [0.3, 0.4) is 0 Å². The van der Waals surface area contributed by atoms with Crippen molar-refractivity contribution >= 4 is 17.6 Å². The second-order valence-corrected chi connectivity index (χ2v) is 8.12. The topological polar surface area (TPSA) is 75.4 Å². The largest absolute Gasteiger partial charge is 0.360 e. The number of hydrogen-bond acceptors (Lipinski definition) is 4. The summed E-state index contributed by atoms with van der Waals surface area (Å²) in [6.45, 7) is 4.49. The summed E-state index contributed by atoms with van der Waals surface area (Å²) in [5, 5.41) is 6.59. The monoisotopic (exact) mass is 381 g/mol. The van der Waals surface area contributed by atoms with E-state index in [1.165, 1.54) is 24.0 Å². The van der Waals surface area contributed by atoms with E-state index in [2.05, 4.69) is 41.7 Å². The molecule has 2 amide bonds. The lowest BCUT2D eigenvalue weighted by Crippen LogP contribution is -2.43. The Bertz CT molecular complexity index is 854. The van der Waals surface area contributed by atoms with Crippen LogP contribution < -0.4 is 5.32 Å². The summed E-state index contributed by atoms with van der Waals surface area (Å²) in [6, 6.07) is 9.77. The van der Waals surface area contributed by atoms with Gasteiger partial charge in [-0.1, -0.05) is 35.0 Å². The molecular weight excluding hydrogens is 354 g/mol. The molecule has 1 N–H and O–H groups in total. The third kappa shape index (κ3) is 4.11.